The van der Waals surface area contributed by atoms with Gasteiger partial charge in [0.05, 0.1) is 0 Å². The zero-order valence-corrected chi connectivity index (χ0v) is 27.4. The molecule has 0 aromatic rings. The Morgan fingerprint density at radius 1 is 0.289 bits per heavy atom. The lowest BCUT2D eigenvalue weighted by molar-refractivity contribution is 0.236. The Hall–Kier alpha value is -0.0400. The van der Waals surface area contributed by atoms with Crippen LogP contribution >= 0.6 is 0 Å². The topological polar surface area (TPSA) is 26.0 Å². The lowest BCUT2D eigenvalue weighted by Crippen LogP contribution is -2.16. The van der Waals surface area contributed by atoms with Crippen LogP contribution < -0.4 is 5.73 Å². The van der Waals surface area contributed by atoms with Gasteiger partial charge in [-0.1, -0.05) is 213 Å². The maximum absolute atomic E-state index is 5.69. The second kappa shape index (κ2) is 33.2. The maximum Gasteiger partial charge on any atom is -0.00773 e. The first kappa shape index (κ1) is 38.0. The molecule has 1 atom stereocenters. The monoisotopic (exact) mass is 536 g/mol. The normalized spacial score (nSPS) is 12.6. The summed E-state index contributed by atoms with van der Waals surface area (Å²) >= 11 is 0. The molecule has 0 saturated heterocycles. The predicted octanol–water partition coefficient (Wildman–Crippen LogP) is 13.3. The van der Waals surface area contributed by atoms with Crippen LogP contribution in [-0.4, -0.2) is 6.54 Å². The summed E-state index contributed by atoms with van der Waals surface area (Å²) in [5.41, 5.74) is 5.69. The Balaban J connectivity index is 4.71. The molecule has 0 fully saturated rings. The van der Waals surface area contributed by atoms with E-state index >= 15 is 0 Å². The molecule has 38 heavy (non-hydrogen) atoms. The Labute approximate surface area is 243 Å². The van der Waals surface area contributed by atoms with Crippen molar-refractivity contribution in [3.8, 4) is 0 Å². The van der Waals surface area contributed by atoms with Crippen molar-refractivity contribution in [2.45, 2.75) is 220 Å². The van der Waals surface area contributed by atoms with Crippen LogP contribution in [0, 0.1) is 11.8 Å². The van der Waals surface area contributed by atoms with E-state index in [1.165, 1.54) is 199 Å². The molecule has 0 heterocycles. The van der Waals surface area contributed by atoms with Crippen LogP contribution in [0.2, 0.25) is 0 Å². The summed E-state index contributed by atoms with van der Waals surface area (Å²) in [6, 6.07) is 0. The van der Waals surface area contributed by atoms with E-state index in [2.05, 4.69) is 20.8 Å². The molecule has 2 N–H and O–H groups in total. The lowest BCUT2D eigenvalue weighted by Gasteiger charge is -2.28. The number of hydrogen-bond acceptors (Lipinski definition) is 1. The Bertz CT molecular complexity index is 332. The van der Waals surface area contributed by atoms with Gasteiger partial charge in [0, 0.05) is 0 Å². The van der Waals surface area contributed by atoms with E-state index in [1.54, 1.807) is 0 Å². The first-order valence-corrected chi connectivity index (χ1v) is 18.5. The maximum atomic E-state index is 5.69. The Kier molecular flexibility index (Phi) is 33.1. The Morgan fingerprint density at radius 2 is 0.500 bits per heavy atom. The van der Waals surface area contributed by atoms with Gasteiger partial charge in [-0.15, -0.1) is 0 Å². The summed E-state index contributed by atoms with van der Waals surface area (Å²) in [5.74, 6) is 2.02. The number of nitrogens with two attached hydrogens (primary N) is 1. The SMILES string of the molecule is CCCCCCCCCC(CCCCCCCCC)C(CCCCCCCCC)CCCCCCCCN. The zero-order valence-electron chi connectivity index (χ0n) is 27.4. The molecule has 0 aliphatic carbocycles. The second-order valence-corrected chi connectivity index (χ2v) is 12.9. The van der Waals surface area contributed by atoms with Crippen molar-refractivity contribution in [1.29, 1.82) is 0 Å². The van der Waals surface area contributed by atoms with Crippen LogP contribution in [-0.2, 0) is 0 Å². The van der Waals surface area contributed by atoms with Gasteiger partial charge in [0.2, 0.25) is 0 Å². The van der Waals surface area contributed by atoms with Crippen molar-refractivity contribution in [2.24, 2.45) is 17.6 Å². The van der Waals surface area contributed by atoms with E-state index in [9.17, 15) is 0 Å². The molecule has 0 rings (SSSR count). The molecular formula is C37H77N. The molecular weight excluding hydrogens is 458 g/mol. The number of unbranched alkanes of at least 4 members (excludes halogenated alkanes) is 23. The molecule has 0 aromatic carbocycles. The fourth-order valence-electron chi connectivity index (χ4n) is 6.58. The molecule has 0 aliphatic rings. The van der Waals surface area contributed by atoms with E-state index < -0.39 is 0 Å². The number of rotatable bonds is 33. The van der Waals surface area contributed by atoms with Crippen LogP contribution in [0.4, 0.5) is 0 Å². The molecule has 0 radical (unpaired) electrons. The van der Waals surface area contributed by atoms with Crippen LogP contribution in [0.3, 0.4) is 0 Å². The third-order valence-electron chi connectivity index (χ3n) is 9.23. The summed E-state index contributed by atoms with van der Waals surface area (Å²) in [6.45, 7) is 7.87. The van der Waals surface area contributed by atoms with E-state index in [0.717, 1.165) is 18.4 Å². The minimum absolute atomic E-state index is 0.874. The van der Waals surface area contributed by atoms with Crippen LogP contribution in [0.15, 0.2) is 0 Å². The van der Waals surface area contributed by atoms with Gasteiger partial charge >= 0.3 is 0 Å². The van der Waals surface area contributed by atoms with Crippen molar-refractivity contribution in [3.05, 3.63) is 0 Å². The molecule has 1 unspecified atom stereocenters. The van der Waals surface area contributed by atoms with E-state index in [-0.39, 0.29) is 0 Å². The van der Waals surface area contributed by atoms with Gasteiger partial charge in [0.15, 0.2) is 0 Å². The fourth-order valence-corrected chi connectivity index (χ4v) is 6.58. The first-order chi connectivity index (χ1) is 18.8. The third-order valence-corrected chi connectivity index (χ3v) is 9.23. The van der Waals surface area contributed by atoms with Crippen molar-refractivity contribution in [3.63, 3.8) is 0 Å². The van der Waals surface area contributed by atoms with Crippen LogP contribution in [0.25, 0.3) is 0 Å². The molecule has 0 bridgehead atoms. The van der Waals surface area contributed by atoms with Gasteiger partial charge in [-0.25, -0.2) is 0 Å². The predicted molar refractivity (Wildman–Crippen MR) is 176 cm³/mol. The van der Waals surface area contributed by atoms with Gasteiger partial charge in [-0.3, -0.25) is 0 Å². The minimum Gasteiger partial charge on any atom is -0.330 e. The van der Waals surface area contributed by atoms with Crippen molar-refractivity contribution in [2.75, 3.05) is 6.54 Å². The van der Waals surface area contributed by atoms with Gasteiger partial charge in [-0.2, -0.15) is 0 Å². The van der Waals surface area contributed by atoms with E-state index in [4.69, 9.17) is 5.73 Å². The summed E-state index contributed by atoms with van der Waals surface area (Å²) in [7, 11) is 0. The highest BCUT2D eigenvalue weighted by atomic mass is 14.5. The van der Waals surface area contributed by atoms with Gasteiger partial charge < -0.3 is 5.73 Å². The highest BCUT2D eigenvalue weighted by Gasteiger charge is 2.20. The number of hydrogen-bond donors (Lipinski definition) is 1. The molecule has 0 amide bonds. The van der Waals surface area contributed by atoms with E-state index in [1.807, 2.05) is 0 Å². The quantitative estimate of drug-likeness (QED) is 0.0830. The van der Waals surface area contributed by atoms with Gasteiger partial charge in [0.25, 0.3) is 0 Å². The molecule has 0 aliphatic heterocycles. The molecule has 1 nitrogen and oxygen atoms in total. The molecule has 230 valence electrons. The van der Waals surface area contributed by atoms with Crippen LogP contribution in [0.5, 0.6) is 0 Å². The molecule has 0 aromatic heterocycles. The average Bonchev–Trinajstić information content (AvgIpc) is 2.93. The summed E-state index contributed by atoms with van der Waals surface area (Å²) in [5, 5.41) is 0. The molecule has 0 saturated carbocycles. The highest BCUT2D eigenvalue weighted by Crippen LogP contribution is 2.33. The summed E-state index contributed by atoms with van der Waals surface area (Å²) in [4.78, 5) is 0. The summed E-state index contributed by atoms with van der Waals surface area (Å²) < 4.78 is 0. The highest BCUT2D eigenvalue weighted by molar-refractivity contribution is 4.72. The van der Waals surface area contributed by atoms with Gasteiger partial charge in [0.1, 0.15) is 0 Å². The fraction of sp³-hybridized carbons (Fsp3) is 1.00. The smallest absolute Gasteiger partial charge is 0.00773 e. The first-order valence-electron chi connectivity index (χ1n) is 18.5. The lowest BCUT2D eigenvalue weighted by atomic mass is 9.78. The second-order valence-electron chi connectivity index (χ2n) is 12.9. The summed E-state index contributed by atoms with van der Waals surface area (Å²) in [6.07, 6.45) is 45.1. The molecule has 1 heteroatoms. The average molecular weight is 536 g/mol. The van der Waals surface area contributed by atoms with Crippen molar-refractivity contribution < 1.29 is 0 Å². The third kappa shape index (κ3) is 27.5. The van der Waals surface area contributed by atoms with Crippen molar-refractivity contribution in [1.82, 2.24) is 0 Å². The standard InChI is InChI=1S/C37H77N/c1-4-7-10-13-16-21-26-31-36(32-27-22-17-14-11-8-5-2)37(33-28-23-18-15-12-9-6-3)34-29-24-19-20-25-30-35-38/h36-37H,4-35,38H2,1-3H3. The minimum atomic E-state index is 0.874. The molecule has 0 spiro atoms. The Morgan fingerprint density at radius 3 is 0.737 bits per heavy atom. The van der Waals surface area contributed by atoms with Crippen molar-refractivity contribution >= 4 is 0 Å². The zero-order chi connectivity index (χ0) is 27.8. The van der Waals surface area contributed by atoms with E-state index in [0.29, 0.717) is 0 Å². The largest absolute Gasteiger partial charge is 0.330 e. The van der Waals surface area contributed by atoms with Gasteiger partial charge in [-0.05, 0) is 24.8 Å². The van der Waals surface area contributed by atoms with Crippen LogP contribution in [0.1, 0.15) is 220 Å².